The van der Waals surface area contributed by atoms with Crippen LogP contribution in [0, 0.1) is 0 Å². The molecule has 1 aromatic heterocycles. The number of ether oxygens (including phenoxy) is 1. The Hall–Kier alpha value is -4.00. The largest absolute Gasteiger partial charge is 0.488 e. The molecule has 0 bridgehead atoms. The lowest BCUT2D eigenvalue weighted by molar-refractivity contribution is 0.306. The highest BCUT2D eigenvalue weighted by atomic mass is 16.5. The number of hydrazone groups is 1. The zero-order valence-corrected chi connectivity index (χ0v) is 14.9. The predicted molar refractivity (Wildman–Crippen MR) is 109 cm³/mol. The van der Waals surface area contributed by atoms with Crippen molar-refractivity contribution in [3.63, 3.8) is 0 Å². The summed E-state index contributed by atoms with van der Waals surface area (Å²) in [4.78, 5) is 15.0. The van der Waals surface area contributed by atoms with Crippen LogP contribution in [-0.2, 0) is 6.61 Å². The molecule has 0 aliphatic heterocycles. The van der Waals surface area contributed by atoms with Gasteiger partial charge < -0.3 is 4.74 Å². The molecule has 138 valence electrons. The minimum Gasteiger partial charge on any atom is -0.488 e. The van der Waals surface area contributed by atoms with Crippen molar-refractivity contribution in [2.24, 2.45) is 5.10 Å². The van der Waals surface area contributed by atoms with E-state index in [0.29, 0.717) is 12.4 Å². The lowest BCUT2D eigenvalue weighted by Crippen LogP contribution is -2.13. The van der Waals surface area contributed by atoms with E-state index in [9.17, 15) is 4.79 Å². The molecule has 0 atom stereocenters. The zero-order valence-electron chi connectivity index (χ0n) is 14.9. The molecular formula is C21H17N5O2. The fourth-order valence-corrected chi connectivity index (χ4v) is 2.80. The third kappa shape index (κ3) is 4.04. The Morgan fingerprint density at radius 3 is 2.71 bits per heavy atom. The molecule has 0 aliphatic carbocycles. The number of aromatic nitrogens is 3. The molecule has 4 rings (SSSR count). The molecule has 4 aromatic rings. The molecule has 7 nitrogen and oxygen atoms in total. The maximum absolute atomic E-state index is 11.2. The van der Waals surface area contributed by atoms with Crippen molar-refractivity contribution in [3.05, 3.63) is 94.5 Å². The van der Waals surface area contributed by atoms with E-state index in [2.05, 4.69) is 25.7 Å². The highest BCUT2D eigenvalue weighted by Crippen LogP contribution is 2.27. The summed E-state index contributed by atoms with van der Waals surface area (Å²) in [6.45, 7) is 0.451. The van der Waals surface area contributed by atoms with Gasteiger partial charge in [0.2, 0.25) is 0 Å². The summed E-state index contributed by atoms with van der Waals surface area (Å²) in [6.07, 6.45) is 3.04. The van der Waals surface area contributed by atoms with Crippen LogP contribution < -0.4 is 15.9 Å². The average Bonchev–Trinajstić information content (AvgIpc) is 2.74. The molecule has 1 heterocycles. The van der Waals surface area contributed by atoms with Crippen molar-refractivity contribution in [1.82, 2.24) is 15.2 Å². The lowest BCUT2D eigenvalue weighted by atomic mass is 10.0. The summed E-state index contributed by atoms with van der Waals surface area (Å²) >= 11 is 0. The van der Waals surface area contributed by atoms with Crippen molar-refractivity contribution in [1.29, 1.82) is 0 Å². The number of hydrogen-bond donors (Lipinski definition) is 2. The molecule has 0 spiro atoms. The van der Waals surface area contributed by atoms with Crippen molar-refractivity contribution >= 4 is 22.8 Å². The van der Waals surface area contributed by atoms with E-state index in [-0.39, 0.29) is 5.82 Å². The molecule has 3 aromatic carbocycles. The maximum atomic E-state index is 11.2. The number of nitrogens with zero attached hydrogens (tertiary/aromatic N) is 3. The van der Waals surface area contributed by atoms with Gasteiger partial charge in [-0.3, -0.25) is 5.43 Å². The monoisotopic (exact) mass is 371 g/mol. The summed E-state index contributed by atoms with van der Waals surface area (Å²) in [6, 6.07) is 21.9. The van der Waals surface area contributed by atoms with Gasteiger partial charge in [0.15, 0.2) is 5.82 Å². The Morgan fingerprint density at radius 2 is 1.86 bits per heavy atom. The fourth-order valence-electron chi connectivity index (χ4n) is 2.80. The van der Waals surface area contributed by atoms with Gasteiger partial charge in [-0.25, -0.2) is 9.89 Å². The highest BCUT2D eigenvalue weighted by molar-refractivity contribution is 6.02. The van der Waals surface area contributed by atoms with Gasteiger partial charge in [-0.15, -0.1) is 0 Å². The molecule has 7 heteroatoms. The van der Waals surface area contributed by atoms with Gasteiger partial charge in [0, 0.05) is 5.56 Å². The first-order chi connectivity index (χ1) is 13.8. The Morgan fingerprint density at radius 1 is 1.04 bits per heavy atom. The number of nitrogens with one attached hydrogen (secondary N) is 2. The van der Waals surface area contributed by atoms with E-state index in [1.807, 2.05) is 66.7 Å². The third-order valence-electron chi connectivity index (χ3n) is 4.11. The third-order valence-corrected chi connectivity index (χ3v) is 4.11. The summed E-state index contributed by atoms with van der Waals surface area (Å²) < 4.78 is 6.05. The maximum Gasteiger partial charge on any atom is 0.363 e. The van der Waals surface area contributed by atoms with Crippen LogP contribution in [0.15, 0.2) is 82.8 Å². The molecule has 0 aliphatic rings. The van der Waals surface area contributed by atoms with E-state index >= 15 is 0 Å². The topological polar surface area (TPSA) is 92.3 Å². The van der Waals surface area contributed by atoms with E-state index in [1.54, 1.807) is 6.21 Å². The van der Waals surface area contributed by atoms with Crippen LogP contribution in [-0.4, -0.2) is 21.4 Å². The zero-order chi connectivity index (χ0) is 19.2. The minimum atomic E-state index is -0.544. The first kappa shape index (κ1) is 17.4. The number of aromatic amines is 1. The van der Waals surface area contributed by atoms with Crippen LogP contribution in [0.25, 0.3) is 10.8 Å². The second kappa shape index (κ2) is 8.13. The van der Waals surface area contributed by atoms with Crippen LogP contribution in [0.2, 0.25) is 0 Å². The molecule has 0 fully saturated rings. The number of hydrogen-bond acceptors (Lipinski definition) is 6. The molecule has 0 saturated heterocycles. The first-order valence-corrected chi connectivity index (χ1v) is 8.69. The first-order valence-electron chi connectivity index (χ1n) is 8.69. The SMILES string of the molecule is O=c1nc(N/N=C/c2c(OCc3ccccc3)ccc3ccccc23)cn[nH]1. The fraction of sp³-hybridized carbons (Fsp3) is 0.0476. The van der Waals surface area contributed by atoms with Crippen LogP contribution in [0.1, 0.15) is 11.1 Å². The molecule has 0 amide bonds. The Kier molecular flexibility index (Phi) is 5.06. The quantitative estimate of drug-likeness (QED) is 0.401. The Bertz CT molecular complexity index is 1170. The van der Waals surface area contributed by atoms with Gasteiger partial charge in [0.05, 0.1) is 12.4 Å². The van der Waals surface area contributed by atoms with Gasteiger partial charge in [0.1, 0.15) is 12.4 Å². The number of anilines is 1. The minimum absolute atomic E-state index is 0.256. The van der Waals surface area contributed by atoms with Crippen molar-refractivity contribution in [2.75, 3.05) is 5.43 Å². The van der Waals surface area contributed by atoms with E-state index in [0.717, 1.165) is 21.9 Å². The standard InChI is InChI=1S/C21H17N5O2/c27-21-24-20(13-23-26-21)25-22-12-18-17-9-5-4-8-16(17)10-11-19(18)28-14-15-6-2-1-3-7-15/h1-13H,14H2,(H2,24,25,26,27)/b22-12+. The van der Waals surface area contributed by atoms with E-state index in [4.69, 9.17) is 4.74 Å². The number of H-pyrrole nitrogens is 1. The Labute approximate surface area is 160 Å². The normalized spacial score (nSPS) is 11.0. The number of benzene rings is 3. The molecule has 2 N–H and O–H groups in total. The molecular weight excluding hydrogens is 354 g/mol. The summed E-state index contributed by atoms with van der Waals surface area (Å²) in [5.41, 5.74) is 4.09. The highest BCUT2D eigenvalue weighted by Gasteiger charge is 2.08. The molecule has 28 heavy (non-hydrogen) atoms. The average molecular weight is 371 g/mol. The lowest BCUT2D eigenvalue weighted by Gasteiger charge is -2.12. The molecule has 0 saturated carbocycles. The number of rotatable bonds is 6. The van der Waals surface area contributed by atoms with Gasteiger partial charge in [-0.1, -0.05) is 60.7 Å². The van der Waals surface area contributed by atoms with Crippen LogP contribution in [0.4, 0.5) is 5.82 Å². The van der Waals surface area contributed by atoms with Crippen LogP contribution >= 0.6 is 0 Å². The van der Waals surface area contributed by atoms with Crippen molar-refractivity contribution in [3.8, 4) is 5.75 Å². The van der Waals surface area contributed by atoms with Gasteiger partial charge in [-0.2, -0.15) is 15.2 Å². The van der Waals surface area contributed by atoms with E-state index < -0.39 is 5.69 Å². The predicted octanol–water partition coefficient (Wildman–Crippen LogP) is 3.34. The van der Waals surface area contributed by atoms with Gasteiger partial charge in [-0.05, 0) is 22.4 Å². The van der Waals surface area contributed by atoms with Crippen LogP contribution in [0.5, 0.6) is 5.75 Å². The smallest absolute Gasteiger partial charge is 0.363 e. The summed E-state index contributed by atoms with van der Waals surface area (Å²) in [7, 11) is 0. The van der Waals surface area contributed by atoms with Crippen molar-refractivity contribution < 1.29 is 4.74 Å². The van der Waals surface area contributed by atoms with Crippen molar-refractivity contribution in [2.45, 2.75) is 6.61 Å². The second-order valence-electron chi connectivity index (χ2n) is 6.01. The van der Waals surface area contributed by atoms with Crippen LogP contribution in [0.3, 0.4) is 0 Å². The van der Waals surface area contributed by atoms with Gasteiger partial charge in [0.25, 0.3) is 0 Å². The summed E-state index contributed by atoms with van der Waals surface area (Å²) in [5, 5.41) is 12.2. The van der Waals surface area contributed by atoms with E-state index in [1.165, 1.54) is 6.20 Å². The van der Waals surface area contributed by atoms with Gasteiger partial charge >= 0.3 is 5.69 Å². The Balaban J connectivity index is 1.63. The number of fused-ring (bicyclic) bond motifs is 1. The molecule has 0 unspecified atom stereocenters. The molecule has 0 radical (unpaired) electrons. The second-order valence-corrected chi connectivity index (χ2v) is 6.01. The summed E-state index contributed by atoms with van der Waals surface area (Å²) in [5.74, 6) is 0.970.